The first-order valence-corrected chi connectivity index (χ1v) is 7.13. The molecule has 0 saturated heterocycles. The van der Waals surface area contributed by atoms with E-state index < -0.39 is 5.60 Å². The Bertz CT molecular complexity index is 486. The fourth-order valence-corrected chi connectivity index (χ4v) is 2.17. The van der Waals surface area contributed by atoms with Gasteiger partial charge in [0.25, 0.3) is 0 Å². The highest BCUT2D eigenvalue weighted by atomic mass is 16.6. The van der Waals surface area contributed by atoms with E-state index >= 15 is 0 Å². The number of esters is 1. The van der Waals surface area contributed by atoms with Crippen molar-refractivity contribution in [2.24, 2.45) is 0 Å². The highest BCUT2D eigenvalue weighted by Gasteiger charge is 2.17. The maximum atomic E-state index is 11.7. The van der Waals surface area contributed by atoms with E-state index in [1.165, 1.54) is 22.3 Å². The van der Waals surface area contributed by atoms with Crippen LogP contribution in [0.4, 0.5) is 0 Å². The lowest BCUT2D eigenvalue weighted by molar-refractivity contribution is -0.153. The Labute approximate surface area is 122 Å². The van der Waals surface area contributed by atoms with Gasteiger partial charge in [0.05, 0.1) is 6.54 Å². The first-order chi connectivity index (χ1) is 9.10. The molecule has 0 aliphatic heterocycles. The second kappa shape index (κ2) is 6.40. The lowest BCUT2D eigenvalue weighted by Crippen LogP contribution is -2.32. The van der Waals surface area contributed by atoms with Gasteiger partial charge in [0.1, 0.15) is 5.60 Å². The highest BCUT2D eigenvalue weighted by Crippen LogP contribution is 2.21. The lowest BCUT2D eigenvalue weighted by atomic mass is 9.96. The molecule has 112 valence electrons. The highest BCUT2D eigenvalue weighted by molar-refractivity contribution is 5.72. The van der Waals surface area contributed by atoms with Gasteiger partial charge in [0.15, 0.2) is 0 Å². The Morgan fingerprint density at radius 2 is 1.70 bits per heavy atom. The summed E-state index contributed by atoms with van der Waals surface area (Å²) in [5.74, 6) is -0.217. The normalized spacial score (nSPS) is 13.2. The molecule has 3 nitrogen and oxygen atoms in total. The molecule has 0 aliphatic carbocycles. The van der Waals surface area contributed by atoms with Crippen LogP contribution in [0.1, 0.15) is 56.0 Å². The number of ether oxygens (including phenoxy) is 1. The summed E-state index contributed by atoms with van der Waals surface area (Å²) in [6, 6.07) is 4.51. The predicted octanol–water partition coefficient (Wildman–Crippen LogP) is 3.60. The average Bonchev–Trinajstić information content (AvgIpc) is 2.28. The molecule has 1 unspecified atom stereocenters. The number of aryl methyl sites for hydroxylation is 3. The van der Waals surface area contributed by atoms with Gasteiger partial charge in [-0.25, -0.2) is 0 Å². The van der Waals surface area contributed by atoms with E-state index in [0.717, 1.165) is 0 Å². The van der Waals surface area contributed by atoms with E-state index in [-0.39, 0.29) is 18.6 Å². The molecule has 0 fully saturated rings. The molecule has 0 aliphatic rings. The van der Waals surface area contributed by atoms with Crippen LogP contribution in [0.15, 0.2) is 12.1 Å². The summed E-state index contributed by atoms with van der Waals surface area (Å²) in [4.78, 5) is 11.7. The molecule has 3 heteroatoms. The molecule has 0 saturated carbocycles. The van der Waals surface area contributed by atoms with Gasteiger partial charge in [-0.3, -0.25) is 4.79 Å². The average molecular weight is 277 g/mol. The summed E-state index contributed by atoms with van der Waals surface area (Å²) in [5.41, 5.74) is 4.62. The van der Waals surface area contributed by atoms with Gasteiger partial charge in [-0.15, -0.1) is 0 Å². The Balaban J connectivity index is 2.66. The second-order valence-electron chi connectivity index (χ2n) is 6.48. The minimum atomic E-state index is -0.432. The van der Waals surface area contributed by atoms with Crippen LogP contribution in [-0.2, 0) is 9.53 Å². The minimum absolute atomic E-state index is 0.127. The molecule has 1 N–H and O–H groups in total. The van der Waals surface area contributed by atoms with Crippen molar-refractivity contribution in [1.82, 2.24) is 5.32 Å². The van der Waals surface area contributed by atoms with E-state index in [4.69, 9.17) is 4.74 Å². The summed E-state index contributed by atoms with van der Waals surface area (Å²) >= 11 is 0. The van der Waals surface area contributed by atoms with Gasteiger partial charge in [0.2, 0.25) is 0 Å². The summed E-state index contributed by atoms with van der Waals surface area (Å²) in [7, 11) is 0. The van der Waals surface area contributed by atoms with Crippen LogP contribution in [0.5, 0.6) is 0 Å². The molecular weight excluding hydrogens is 250 g/mol. The van der Waals surface area contributed by atoms with Crippen molar-refractivity contribution in [3.63, 3.8) is 0 Å². The summed E-state index contributed by atoms with van der Waals surface area (Å²) in [6.07, 6.45) is 0. The zero-order valence-electron chi connectivity index (χ0n) is 13.8. The first kappa shape index (κ1) is 16.7. The maximum Gasteiger partial charge on any atom is 0.320 e. The molecule has 0 bridgehead atoms. The van der Waals surface area contributed by atoms with Crippen molar-refractivity contribution in [2.45, 2.75) is 60.1 Å². The Kier molecular flexibility index (Phi) is 5.35. The molecule has 0 radical (unpaired) electrons. The molecule has 1 aromatic rings. The Morgan fingerprint density at radius 3 is 2.25 bits per heavy atom. The third-order valence-electron chi connectivity index (χ3n) is 3.32. The van der Waals surface area contributed by atoms with Crippen LogP contribution in [-0.4, -0.2) is 18.1 Å². The van der Waals surface area contributed by atoms with Gasteiger partial charge in [-0.1, -0.05) is 12.1 Å². The monoisotopic (exact) mass is 277 g/mol. The zero-order chi connectivity index (χ0) is 15.5. The number of hydrogen-bond donors (Lipinski definition) is 1. The van der Waals surface area contributed by atoms with Crippen molar-refractivity contribution in [3.8, 4) is 0 Å². The standard InChI is InChI=1S/C17H27NO2/c1-11-8-13(3)15(9-12(11)2)14(4)18-10-16(19)20-17(5,6)7/h8-9,14,18H,10H2,1-7H3. The molecule has 1 rings (SSSR count). The maximum absolute atomic E-state index is 11.7. The number of benzene rings is 1. The van der Waals surface area contributed by atoms with E-state index in [9.17, 15) is 4.79 Å². The number of nitrogens with one attached hydrogen (secondary N) is 1. The van der Waals surface area contributed by atoms with Crippen molar-refractivity contribution in [2.75, 3.05) is 6.54 Å². The van der Waals surface area contributed by atoms with Gasteiger partial charge >= 0.3 is 5.97 Å². The van der Waals surface area contributed by atoms with Crippen LogP contribution in [0, 0.1) is 20.8 Å². The Hall–Kier alpha value is -1.35. The van der Waals surface area contributed by atoms with Crippen molar-refractivity contribution in [3.05, 3.63) is 34.4 Å². The Morgan fingerprint density at radius 1 is 1.15 bits per heavy atom. The van der Waals surface area contributed by atoms with Crippen molar-refractivity contribution in [1.29, 1.82) is 0 Å². The summed E-state index contributed by atoms with van der Waals surface area (Å²) in [5, 5.41) is 3.23. The van der Waals surface area contributed by atoms with E-state index in [0.29, 0.717) is 0 Å². The molecule has 0 heterocycles. The van der Waals surface area contributed by atoms with Gasteiger partial charge in [0, 0.05) is 6.04 Å². The van der Waals surface area contributed by atoms with Crippen molar-refractivity contribution >= 4 is 5.97 Å². The molecule has 1 aromatic carbocycles. The van der Waals surface area contributed by atoms with E-state index in [2.05, 4.69) is 45.1 Å². The number of carbonyl (C=O) groups excluding carboxylic acids is 1. The number of carbonyl (C=O) groups is 1. The van der Waals surface area contributed by atoms with Crippen LogP contribution in [0.25, 0.3) is 0 Å². The third-order valence-corrected chi connectivity index (χ3v) is 3.32. The summed E-state index contributed by atoms with van der Waals surface area (Å²) < 4.78 is 5.30. The molecular formula is C17H27NO2. The lowest BCUT2D eigenvalue weighted by Gasteiger charge is -2.22. The number of hydrogen-bond acceptors (Lipinski definition) is 3. The first-order valence-electron chi connectivity index (χ1n) is 7.13. The fourth-order valence-electron chi connectivity index (χ4n) is 2.17. The second-order valence-corrected chi connectivity index (χ2v) is 6.48. The van der Waals surface area contributed by atoms with E-state index in [1.54, 1.807) is 0 Å². The van der Waals surface area contributed by atoms with Crippen LogP contribution in [0.2, 0.25) is 0 Å². The minimum Gasteiger partial charge on any atom is -0.459 e. The van der Waals surface area contributed by atoms with Crippen molar-refractivity contribution < 1.29 is 9.53 Å². The fraction of sp³-hybridized carbons (Fsp3) is 0.588. The molecule has 0 amide bonds. The smallest absolute Gasteiger partial charge is 0.320 e. The quantitative estimate of drug-likeness (QED) is 0.855. The largest absolute Gasteiger partial charge is 0.459 e. The molecule has 20 heavy (non-hydrogen) atoms. The topological polar surface area (TPSA) is 38.3 Å². The van der Waals surface area contributed by atoms with Gasteiger partial charge < -0.3 is 10.1 Å². The molecule has 0 spiro atoms. The summed E-state index contributed by atoms with van der Waals surface area (Å²) in [6.45, 7) is 14.3. The van der Waals surface area contributed by atoms with Gasteiger partial charge in [-0.05, 0) is 70.7 Å². The van der Waals surface area contributed by atoms with Gasteiger partial charge in [-0.2, -0.15) is 0 Å². The number of rotatable bonds is 4. The van der Waals surface area contributed by atoms with Crippen LogP contribution in [0.3, 0.4) is 0 Å². The zero-order valence-corrected chi connectivity index (χ0v) is 13.8. The SMILES string of the molecule is Cc1cc(C)c(C(C)NCC(=O)OC(C)(C)C)cc1C. The molecule has 0 aromatic heterocycles. The van der Waals surface area contributed by atoms with Crippen LogP contribution >= 0.6 is 0 Å². The predicted molar refractivity (Wildman–Crippen MR) is 82.9 cm³/mol. The van der Waals surface area contributed by atoms with E-state index in [1.807, 2.05) is 20.8 Å². The third kappa shape index (κ3) is 4.97. The molecule has 1 atom stereocenters. The van der Waals surface area contributed by atoms with Crippen LogP contribution < -0.4 is 5.32 Å².